The molecule has 1 rings (SSSR count). The van der Waals surface area contributed by atoms with Gasteiger partial charge >= 0.3 is 5.97 Å². The predicted octanol–water partition coefficient (Wildman–Crippen LogP) is 2.53. The topological polar surface area (TPSA) is 57.5 Å². The normalized spacial score (nSPS) is 37.4. The van der Waals surface area contributed by atoms with Gasteiger partial charge in [-0.1, -0.05) is 27.2 Å². The summed E-state index contributed by atoms with van der Waals surface area (Å²) in [6.07, 6.45) is 2.65. The number of hydrogen-bond acceptors (Lipinski definition) is 2. The molecule has 0 bridgehead atoms. The van der Waals surface area contributed by atoms with Gasteiger partial charge in [0.15, 0.2) is 0 Å². The molecule has 1 fully saturated rings. The Morgan fingerprint density at radius 2 is 1.88 bits per heavy atom. The Morgan fingerprint density at radius 3 is 2.31 bits per heavy atom. The van der Waals surface area contributed by atoms with Gasteiger partial charge in [-0.3, -0.25) is 4.79 Å². The molecule has 16 heavy (non-hydrogen) atoms. The minimum Gasteiger partial charge on any atom is -0.481 e. The van der Waals surface area contributed by atoms with E-state index in [-0.39, 0.29) is 5.92 Å². The third-order valence-corrected chi connectivity index (χ3v) is 4.21. The minimum absolute atomic E-state index is 0.106. The van der Waals surface area contributed by atoms with Gasteiger partial charge in [0.2, 0.25) is 0 Å². The van der Waals surface area contributed by atoms with Crippen LogP contribution in [0.3, 0.4) is 0 Å². The van der Waals surface area contributed by atoms with E-state index in [1.54, 1.807) is 6.92 Å². The van der Waals surface area contributed by atoms with Crippen LogP contribution in [0.1, 0.15) is 47.0 Å². The first-order valence-corrected chi connectivity index (χ1v) is 6.24. The van der Waals surface area contributed by atoms with Gasteiger partial charge in [0, 0.05) is 0 Å². The smallest absolute Gasteiger partial charge is 0.309 e. The predicted molar refractivity (Wildman–Crippen MR) is 63.1 cm³/mol. The summed E-state index contributed by atoms with van der Waals surface area (Å²) in [6, 6.07) is 0. The molecular formula is C13H24O3. The monoisotopic (exact) mass is 228 g/mol. The maximum absolute atomic E-state index is 11.1. The third kappa shape index (κ3) is 2.40. The fraction of sp³-hybridized carbons (Fsp3) is 0.923. The summed E-state index contributed by atoms with van der Waals surface area (Å²) >= 11 is 0. The molecule has 1 aliphatic carbocycles. The van der Waals surface area contributed by atoms with Crippen LogP contribution in [-0.4, -0.2) is 21.8 Å². The molecule has 3 heteroatoms. The summed E-state index contributed by atoms with van der Waals surface area (Å²) in [7, 11) is 0. The van der Waals surface area contributed by atoms with Gasteiger partial charge in [-0.2, -0.15) is 0 Å². The first-order valence-electron chi connectivity index (χ1n) is 6.24. The molecule has 4 unspecified atom stereocenters. The number of carboxylic acids is 1. The number of aliphatic hydroxyl groups is 1. The van der Waals surface area contributed by atoms with E-state index in [1.165, 1.54) is 0 Å². The number of rotatable bonds is 3. The van der Waals surface area contributed by atoms with Gasteiger partial charge in [-0.05, 0) is 37.5 Å². The highest BCUT2D eigenvalue weighted by Crippen LogP contribution is 2.45. The SMILES string of the molecule is CC1CCC(C(C)C)C(O)(C(C)C(=O)O)C1. The summed E-state index contributed by atoms with van der Waals surface area (Å²) in [4.78, 5) is 11.1. The Morgan fingerprint density at radius 1 is 1.31 bits per heavy atom. The summed E-state index contributed by atoms with van der Waals surface area (Å²) in [5, 5.41) is 19.9. The third-order valence-electron chi connectivity index (χ3n) is 4.21. The molecule has 0 aromatic carbocycles. The van der Waals surface area contributed by atoms with Crippen molar-refractivity contribution in [3.63, 3.8) is 0 Å². The highest BCUT2D eigenvalue weighted by Gasteiger charge is 2.48. The zero-order valence-corrected chi connectivity index (χ0v) is 10.7. The van der Waals surface area contributed by atoms with Crippen molar-refractivity contribution in [3.05, 3.63) is 0 Å². The Labute approximate surface area is 97.9 Å². The second kappa shape index (κ2) is 4.74. The molecule has 0 heterocycles. The van der Waals surface area contributed by atoms with E-state index < -0.39 is 17.5 Å². The summed E-state index contributed by atoms with van der Waals surface area (Å²) in [5.74, 6) is -0.708. The van der Waals surface area contributed by atoms with Gasteiger partial charge in [0.1, 0.15) is 0 Å². The lowest BCUT2D eigenvalue weighted by molar-refractivity contribution is -0.165. The molecule has 0 amide bonds. The van der Waals surface area contributed by atoms with E-state index in [0.717, 1.165) is 12.8 Å². The fourth-order valence-electron chi connectivity index (χ4n) is 3.15. The standard InChI is InChI=1S/C13H24O3/c1-8(2)11-6-5-9(3)7-13(11,16)10(4)12(14)15/h8-11,16H,5-7H2,1-4H3,(H,14,15). The van der Waals surface area contributed by atoms with Crippen molar-refractivity contribution < 1.29 is 15.0 Å². The number of carbonyl (C=O) groups is 1. The lowest BCUT2D eigenvalue weighted by Gasteiger charge is -2.46. The van der Waals surface area contributed by atoms with E-state index in [4.69, 9.17) is 5.11 Å². The van der Waals surface area contributed by atoms with E-state index in [1.807, 2.05) is 0 Å². The molecule has 0 aliphatic heterocycles. The van der Waals surface area contributed by atoms with Crippen molar-refractivity contribution in [1.29, 1.82) is 0 Å². The van der Waals surface area contributed by atoms with E-state index in [0.29, 0.717) is 18.3 Å². The molecule has 0 aromatic rings. The minimum atomic E-state index is -1.03. The molecule has 0 radical (unpaired) electrons. The average molecular weight is 228 g/mol. The van der Waals surface area contributed by atoms with Crippen LogP contribution in [0.4, 0.5) is 0 Å². The maximum Gasteiger partial charge on any atom is 0.309 e. The molecular weight excluding hydrogens is 204 g/mol. The number of carboxylic acid groups (broad SMARTS) is 1. The Hall–Kier alpha value is -0.570. The Kier molecular flexibility index (Phi) is 4.00. The van der Waals surface area contributed by atoms with Crippen LogP contribution < -0.4 is 0 Å². The van der Waals surface area contributed by atoms with Gasteiger partial charge in [0.05, 0.1) is 11.5 Å². The first-order chi connectivity index (χ1) is 7.29. The summed E-state index contributed by atoms with van der Waals surface area (Å²) < 4.78 is 0. The van der Waals surface area contributed by atoms with Gasteiger partial charge in [-0.15, -0.1) is 0 Å². The summed E-state index contributed by atoms with van der Waals surface area (Å²) in [5.41, 5.74) is -1.03. The summed E-state index contributed by atoms with van der Waals surface area (Å²) in [6.45, 7) is 7.87. The first kappa shape index (κ1) is 13.5. The zero-order chi connectivity index (χ0) is 12.5. The highest BCUT2D eigenvalue weighted by molar-refractivity contribution is 5.71. The molecule has 0 spiro atoms. The average Bonchev–Trinajstić information content (AvgIpc) is 2.15. The quantitative estimate of drug-likeness (QED) is 0.780. The molecule has 2 N–H and O–H groups in total. The van der Waals surface area contributed by atoms with E-state index in [9.17, 15) is 9.90 Å². The molecule has 1 aliphatic rings. The van der Waals surface area contributed by atoms with Crippen molar-refractivity contribution >= 4 is 5.97 Å². The van der Waals surface area contributed by atoms with Crippen molar-refractivity contribution in [2.24, 2.45) is 23.7 Å². The second-order valence-corrected chi connectivity index (χ2v) is 5.79. The lowest BCUT2D eigenvalue weighted by Crippen LogP contribution is -2.52. The van der Waals surface area contributed by atoms with Gasteiger partial charge in [-0.25, -0.2) is 0 Å². The highest BCUT2D eigenvalue weighted by atomic mass is 16.4. The van der Waals surface area contributed by atoms with Crippen LogP contribution >= 0.6 is 0 Å². The molecule has 0 saturated heterocycles. The Bertz CT molecular complexity index is 262. The van der Waals surface area contributed by atoms with Crippen molar-refractivity contribution in [2.45, 2.75) is 52.6 Å². The zero-order valence-electron chi connectivity index (χ0n) is 10.7. The van der Waals surface area contributed by atoms with Crippen LogP contribution in [0, 0.1) is 23.7 Å². The van der Waals surface area contributed by atoms with Gasteiger partial charge in [0.25, 0.3) is 0 Å². The van der Waals surface area contributed by atoms with Crippen LogP contribution in [0.2, 0.25) is 0 Å². The number of hydrogen-bond donors (Lipinski definition) is 2. The fourth-order valence-corrected chi connectivity index (χ4v) is 3.15. The molecule has 3 nitrogen and oxygen atoms in total. The Balaban J connectivity index is 2.96. The molecule has 1 saturated carbocycles. The molecule has 94 valence electrons. The van der Waals surface area contributed by atoms with E-state index in [2.05, 4.69) is 20.8 Å². The maximum atomic E-state index is 11.1. The largest absolute Gasteiger partial charge is 0.481 e. The van der Waals surface area contributed by atoms with Gasteiger partial charge < -0.3 is 10.2 Å². The van der Waals surface area contributed by atoms with Crippen molar-refractivity contribution in [1.82, 2.24) is 0 Å². The van der Waals surface area contributed by atoms with E-state index >= 15 is 0 Å². The molecule has 4 atom stereocenters. The second-order valence-electron chi connectivity index (χ2n) is 5.79. The van der Waals surface area contributed by atoms with Crippen LogP contribution in [0.15, 0.2) is 0 Å². The van der Waals surface area contributed by atoms with Crippen molar-refractivity contribution in [2.75, 3.05) is 0 Å². The van der Waals surface area contributed by atoms with Crippen LogP contribution in [-0.2, 0) is 4.79 Å². The lowest BCUT2D eigenvalue weighted by atomic mass is 9.62. The molecule has 0 aromatic heterocycles. The number of aliphatic carboxylic acids is 1. The van der Waals surface area contributed by atoms with Crippen LogP contribution in [0.5, 0.6) is 0 Å². The van der Waals surface area contributed by atoms with Crippen molar-refractivity contribution in [3.8, 4) is 0 Å². The van der Waals surface area contributed by atoms with Crippen LogP contribution in [0.25, 0.3) is 0 Å².